The number of amides is 1. The van der Waals surface area contributed by atoms with Crippen molar-refractivity contribution in [1.29, 1.82) is 0 Å². The summed E-state index contributed by atoms with van der Waals surface area (Å²) in [6, 6.07) is 5.28. The Morgan fingerprint density at radius 1 is 1.38 bits per heavy atom. The van der Waals surface area contributed by atoms with Crippen molar-refractivity contribution < 1.29 is 14.3 Å². The highest BCUT2D eigenvalue weighted by atomic mass is 16.5. The molecule has 1 atom stereocenters. The average molecular weight is 331 g/mol. The van der Waals surface area contributed by atoms with Crippen molar-refractivity contribution in [1.82, 2.24) is 25.4 Å². The van der Waals surface area contributed by atoms with Crippen molar-refractivity contribution in [2.75, 3.05) is 14.2 Å². The summed E-state index contributed by atoms with van der Waals surface area (Å²) >= 11 is 0. The third kappa shape index (κ3) is 3.05. The lowest BCUT2D eigenvalue weighted by Crippen LogP contribution is -2.49. The number of nitrogens with one attached hydrogen (secondary N) is 2. The van der Waals surface area contributed by atoms with Gasteiger partial charge >= 0.3 is 0 Å². The second-order valence-electron chi connectivity index (χ2n) is 5.58. The second kappa shape index (κ2) is 6.88. The summed E-state index contributed by atoms with van der Waals surface area (Å²) < 4.78 is 12.6. The maximum Gasteiger partial charge on any atom is 0.239 e. The molecule has 2 heterocycles. The van der Waals surface area contributed by atoms with E-state index in [1.165, 1.54) is 0 Å². The van der Waals surface area contributed by atoms with E-state index in [9.17, 15) is 4.79 Å². The first kappa shape index (κ1) is 16.3. The van der Waals surface area contributed by atoms with Gasteiger partial charge in [0.2, 0.25) is 5.91 Å². The van der Waals surface area contributed by atoms with Gasteiger partial charge in [0.15, 0.2) is 11.5 Å². The standard InChI is InChI=1S/C16H21N5O3/c1-10-19-20-14-8-17-12(9-21(10)14)16(22)18-7-11-5-4-6-13(23-2)15(11)24-3/h4-6,12,17H,7-9H2,1-3H3,(H,18,22). The number of aryl methyl sites for hydroxylation is 1. The van der Waals surface area contributed by atoms with Crippen LogP contribution in [-0.4, -0.2) is 40.9 Å². The van der Waals surface area contributed by atoms with E-state index in [-0.39, 0.29) is 11.9 Å². The molecule has 2 aromatic rings. The Bertz CT molecular complexity index is 743. The number of para-hydroxylation sites is 1. The summed E-state index contributed by atoms with van der Waals surface area (Å²) in [6.07, 6.45) is 0. The van der Waals surface area contributed by atoms with Crippen LogP contribution in [0.5, 0.6) is 11.5 Å². The molecule has 0 saturated carbocycles. The molecule has 24 heavy (non-hydrogen) atoms. The monoisotopic (exact) mass is 331 g/mol. The number of aromatic nitrogens is 3. The molecule has 3 rings (SSSR count). The van der Waals surface area contributed by atoms with Crippen molar-refractivity contribution in [3.63, 3.8) is 0 Å². The Kier molecular flexibility index (Phi) is 4.66. The van der Waals surface area contributed by atoms with Crippen molar-refractivity contribution in [3.8, 4) is 11.5 Å². The third-order valence-corrected chi connectivity index (χ3v) is 4.14. The molecule has 128 valence electrons. The number of fused-ring (bicyclic) bond motifs is 1. The smallest absolute Gasteiger partial charge is 0.239 e. The van der Waals surface area contributed by atoms with E-state index in [1.54, 1.807) is 14.2 Å². The molecule has 8 heteroatoms. The molecule has 1 aromatic carbocycles. The zero-order chi connectivity index (χ0) is 17.1. The fraction of sp³-hybridized carbons (Fsp3) is 0.438. The molecule has 0 aliphatic carbocycles. The molecule has 0 spiro atoms. The first-order valence-corrected chi connectivity index (χ1v) is 7.73. The number of hydrogen-bond donors (Lipinski definition) is 2. The average Bonchev–Trinajstić information content (AvgIpc) is 2.99. The number of hydrogen-bond acceptors (Lipinski definition) is 6. The Morgan fingerprint density at radius 2 is 2.21 bits per heavy atom. The summed E-state index contributed by atoms with van der Waals surface area (Å²) in [7, 11) is 3.17. The number of nitrogens with zero attached hydrogens (tertiary/aromatic N) is 3. The molecule has 1 aliphatic rings. The van der Waals surface area contributed by atoms with Crippen molar-refractivity contribution in [2.24, 2.45) is 0 Å². The Labute approximate surface area is 140 Å². The van der Waals surface area contributed by atoms with Gasteiger partial charge in [-0.15, -0.1) is 10.2 Å². The molecule has 1 unspecified atom stereocenters. The van der Waals surface area contributed by atoms with Crippen LogP contribution in [0.3, 0.4) is 0 Å². The van der Waals surface area contributed by atoms with Crippen molar-refractivity contribution in [3.05, 3.63) is 35.4 Å². The lowest BCUT2D eigenvalue weighted by Gasteiger charge is -2.24. The minimum absolute atomic E-state index is 0.0707. The molecule has 0 bridgehead atoms. The number of benzene rings is 1. The van der Waals surface area contributed by atoms with Gasteiger partial charge in [0.25, 0.3) is 0 Å². The molecule has 8 nitrogen and oxygen atoms in total. The van der Waals surface area contributed by atoms with Crippen LogP contribution in [0.15, 0.2) is 18.2 Å². The van der Waals surface area contributed by atoms with Crippen molar-refractivity contribution in [2.45, 2.75) is 32.6 Å². The molecule has 1 aromatic heterocycles. The van der Waals surface area contributed by atoms with E-state index in [2.05, 4.69) is 20.8 Å². The van der Waals surface area contributed by atoms with Crippen LogP contribution in [0, 0.1) is 6.92 Å². The topological polar surface area (TPSA) is 90.3 Å². The first-order chi connectivity index (χ1) is 11.6. The van der Waals surface area contributed by atoms with Crippen LogP contribution in [0.4, 0.5) is 0 Å². The van der Waals surface area contributed by atoms with Gasteiger partial charge in [0.05, 0.1) is 20.8 Å². The van der Waals surface area contributed by atoms with Crippen LogP contribution in [0.2, 0.25) is 0 Å². The van der Waals surface area contributed by atoms with Gasteiger partial charge in [-0.1, -0.05) is 12.1 Å². The maximum absolute atomic E-state index is 12.5. The molecule has 0 saturated heterocycles. The zero-order valence-corrected chi connectivity index (χ0v) is 14.0. The largest absolute Gasteiger partial charge is 0.493 e. The number of ether oxygens (including phenoxy) is 2. The Balaban J connectivity index is 1.66. The Morgan fingerprint density at radius 3 is 2.96 bits per heavy atom. The minimum Gasteiger partial charge on any atom is -0.493 e. The summed E-state index contributed by atoms with van der Waals surface area (Å²) in [4.78, 5) is 12.5. The molecule has 0 radical (unpaired) electrons. The van der Waals surface area contributed by atoms with E-state index in [4.69, 9.17) is 9.47 Å². The molecule has 1 amide bonds. The summed E-state index contributed by atoms with van der Waals surface area (Å²) in [5, 5.41) is 14.2. The first-order valence-electron chi connectivity index (χ1n) is 7.73. The number of carbonyl (C=O) groups is 1. The SMILES string of the molecule is COc1cccc(CNC(=O)C2Cn3c(C)nnc3CN2)c1OC. The lowest BCUT2D eigenvalue weighted by atomic mass is 10.1. The van der Waals surface area contributed by atoms with E-state index >= 15 is 0 Å². The van der Waals surface area contributed by atoms with Crippen molar-refractivity contribution >= 4 is 5.91 Å². The summed E-state index contributed by atoms with van der Waals surface area (Å²) in [5.41, 5.74) is 0.863. The van der Waals surface area contributed by atoms with Crippen LogP contribution < -0.4 is 20.1 Å². The van der Waals surface area contributed by atoms with Gasteiger partial charge in [-0.05, 0) is 13.0 Å². The maximum atomic E-state index is 12.5. The van der Waals surface area contributed by atoms with Crippen LogP contribution in [0.1, 0.15) is 17.2 Å². The minimum atomic E-state index is -0.316. The summed E-state index contributed by atoms with van der Waals surface area (Å²) in [5.74, 6) is 2.88. The lowest BCUT2D eigenvalue weighted by molar-refractivity contribution is -0.124. The van der Waals surface area contributed by atoms with Gasteiger partial charge in [0.1, 0.15) is 17.7 Å². The van der Waals surface area contributed by atoms with Gasteiger partial charge in [-0.25, -0.2) is 0 Å². The fourth-order valence-corrected chi connectivity index (χ4v) is 2.83. The van der Waals surface area contributed by atoms with Crippen LogP contribution in [0.25, 0.3) is 0 Å². The van der Waals surface area contributed by atoms with E-state index in [0.717, 1.165) is 17.2 Å². The predicted octanol–water partition coefficient (Wildman–Crippen LogP) is 0.392. The zero-order valence-electron chi connectivity index (χ0n) is 14.0. The molecular weight excluding hydrogens is 310 g/mol. The van der Waals surface area contributed by atoms with Crippen LogP contribution >= 0.6 is 0 Å². The van der Waals surface area contributed by atoms with E-state index in [0.29, 0.717) is 31.1 Å². The second-order valence-corrected chi connectivity index (χ2v) is 5.58. The molecule has 0 fully saturated rings. The quantitative estimate of drug-likeness (QED) is 0.824. The Hall–Kier alpha value is -2.61. The van der Waals surface area contributed by atoms with Gasteiger partial charge in [-0.2, -0.15) is 0 Å². The molecule has 2 N–H and O–H groups in total. The van der Waals surface area contributed by atoms with Gasteiger partial charge < -0.3 is 19.4 Å². The molecular formula is C16H21N5O3. The summed E-state index contributed by atoms with van der Waals surface area (Å²) in [6.45, 7) is 3.31. The third-order valence-electron chi connectivity index (χ3n) is 4.14. The van der Waals surface area contributed by atoms with E-state index in [1.807, 2.05) is 29.7 Å². The van der Waals surface area contributed by atoms with Gasteiger partial charge in [0, 0.05) is 18.7 Å². The van der Waals surface area contributed by atoms with Crippen LogP contribution in [-0.2, 0) is 24.4 Å². The fourth-order valence-electron chi connectivity index (χ4n) is 2.83. The van der Waals surface area contributed by atoms with Gasteiger partial charge in [-0.3, -0.25) is 10.1 Å². The number of methoxy groups -OCH3 is 2. The normalized spacial score (nSPS) is 16.4. The highest BCUT2D eigenvalue weighted by Gasteiger charge is 2.26. The van der Waals surface area contributed by atoms with E-state index < -0.39 is 0 Å². The highest BCUT2D eigenvalue weighted by molar-refractivity contribution is 5.81. The highest BCUT2D eigenvalue weighted by Crippen LogP contribution is 2.30. The number of carbonyl (C=O) groups excluding carboxylic acids is 1. The molecule has 1 aliphatic heterocycles. The number of rotatable bonds is 5. The predicted molar refractivity (Wildman–Crippen MR) is 86.8 cm³/mol.